The van der Waals surface area contributed by atoms with E-state index < -0.39 is 0 Å². The minimum Gasteiger partial charge on any atom is -0.508 e. The van der Waals surface area contributed by atoms with Crippen LogP contribution in [-0.4, -0.2) is 25.6 Å². The number of hydrogen-bond acceptors (Lipinski definition) is 2. The molecule has 1 N–H and O–H groups in total. The highest BCUT2D eigenvalue weighted by atomic mass is 79.9. The van der Waals surface area contributed by atoms with Gasteiger partial charge in [-0.05, 0) is 51.5 Å². The van der Waals surface area contributed by atoms with Crippen molar-refractivity contribution >= 4 is 48.5 Å². The number of aryl methyl sites for hydroxylation is 1. The molecule has 3 rings (SSSR count). The van der Waals surface area contributed by atoms with Gasteiger partial charge in [0.15, 0.2) is 5.78 Å². The number of hydrogen-bond donors (Lipinski definition) is 1. The molecule has 3 nitrogen and oxygen atoms in total. The Morgan fingerprint density at radius 2 is 1.81 bits per heavy atom. The summed E-state index contributed by atoms with van der Waals surface area (Å²) in [5.41, 5.74) is 5.53. The van der Waals surface area contributed by atoms with Gasteiger partial charge in [0, 0.05) is 38.1 Å². The number of fused-ring (bicyclic) bond motifs is 1. The topological polar surface area (TPSA) is 42.2 Å². The van der Waals surface area contributed by atoms with Crippen molar-refractivity contribution in [3.8, 4) is 11.4 Å². The van der Waals surface area contributed by atoms with E-state index in [-0.39, 0.29) is 16.4 Å². The molecule has 1 aromatic heterocycles. The molecule has 0 aliphatic carbocycles. The first-order valence-corrected chi connectivity index (χ1v) is 10.5. The zero-order valence-electron chi connectivity index (χ0n) is 15.0. The summed E-state index contributed by atoms with van der Waals surface area (Å²) in [5.74, 6) is 0.238. The van der Waals surface area contributed by atoms with Gasteiger partial charge in [-0.2, -0.15) is 0 Å². The number of nitrogens with zero attached hydrogens (tertiary/aromatic N) is 1. The summed E-state index contributed by atoms with van der Waals surface area (Å²) in [7, 11) is 0. The van der Waals surface area contributed by atoms with E-state index >= 15 is 0 Å². The quantitative estimate of drug-likeness (QED) is 0.368. The molecular weight excluding hydrogens is 458 g/mol. The second-order valence-electron chi connectivity index (χ2n) is 6.60. The lowest BCUT2D eigenvalue weighted by Gasteiger charge is -2.12. The molecule has 0 aliphatic rings. The molecule has 5 heteroatoms. The summed E-state index contributed by atoms with van der Waals surface area (Å²) in [6.45, 7) is 5.61. The van der Waals surface area contributed by atoms with E-state index in [9.17, 15) is 9.90 Å². The standard InChI is InChI=1S/C21H21Br2NO2/c1-12-4-6-16(7-5-12)24-13(2)20(14(3)25)21-17(10-15(23)11-22)19(26)9-8-18(21)24/h4-9,15,26H,10-11H2,1-3H3/t15-/m0/s1. The number of alkyl halides is 2. The fourth-order valence-electron chi connectivity index (χ4n) is 3.50. The molecule has 0 saturated carbocycles. The Morgan fingerprint density at radius 3 is 2.38 bits per heavy atom. The largest absolute Gasteiger partial charge is 0.508 e. The van der Waals surface area contributed by atoms with Gasteiger partial charge in [-0.3, -0.25) is 4.79 Å². The second-order valence-corrected chi connectivity index (χ2v) is 8.54. The Hall–Kier alpha value is -1.59. The van der Waals surface area contributed by atoms with Gasteiger partial charge in [0.2, 0.25) is 0 Å². The van der Waals surface area contributed by atoms with E-state index in [2.05, 4.69) is 67.6 Å². The van der Waals surface area contributed by atoms with Crippen molar-refractivity contribution in [2.24, 2.45) is 0 Å². The third kappa shape index (κ3) is 3.35. The maximum atomic E-state index is 12.5. The van der Waals surface area contributed by atoms with Gasteiger partial charge in [0.05, 0.1) is 5.52 Å². The number of phenolic OH excluding ortho intramolecular Hbond substituents is 1. The van der Waals surface area contributed by atoms with E-state index in [0.29, 0.717) is 12.0 Å². The molecule has 0 spiro atoms. The maximum Gasteiger partial charge on any atom is 0.162 e. The first-order valence-electron chi connectivity index (χ1n) is 8.49. The smallest absolute Gasteiger partial charge is 0.162 e. The molecule has 136 valence electrons. The van der Waals surface area contributed by atoms with E-state index in [1.54, 1.807) is 13.0 Å². The third-order valence-corrected chi connectivity index (χ3v) is 6.99. The molecule has 26 heavy (non-hydrogen) atoms. The summed E-state index contributed by atoms with van der Waals surface area (Å²) in [5, 5.41) is 12.1. The van der Waals surface area contributed by atoms with Crippen LogP contribution in [0.15, 0.2) is 36.4 Å². The SMILES string of the molecule is CC(=O)c1c(C)n(-c2ccc(C)cc2)c2ccc(O)c(C[C@H](Br)CBr)c12. The average molecular weight is 479 g/mol. The fraction of sp³-hybridized carbons (Fsp3) is 0.286. The molecule has 1 atom stereocenters. The van der Waals surface area contributed by atoms with E-state index in [0.717, 1.165) is 33.2 Å². The van der Waals surface area contributed by atoms with Gasteiger partial charge in [0.1, 0.15) is 5.75 Å². The number of rotatable bonds is 5. The van der Waals surface area contributed by atoms with Gasteiger partial charge >= 0.3 is 0 Å². The lowest BCUT2D eigenvalue weighted by Crippen LogP contribution is -2.05. The van der Waals surface area contributed by atoms with Gasteiger partial charge in [-0.15, -0.1) is 0 Å². The number of aromatic nitrogens is 1. The number of benzene rings is 2. The Bertz CT molecular complexity index is 974. The zero-order chi connectivity index (χ0) is 19.0. The van der Waals surface area contributed by atoms with Crippen LogP contribution in [0, 0.1) is 13.8 Å². The first kappa shape index (κ1) is 19.2. The fourth-order valence-corrected chi connectivity index (χ4v) is 4.06. The highest BCUT2D eigenvalue weighted by molar-refractivity contribution is 9.12. The number of carbonyl (C=O) groups is 1. The lowest BCUT2D eigenvalue weighted by molar-refractivity contribution is 0.101. The normalized spacial score (nSPS) is 12.5. The van der Waals surface area contributed by atoms with E-state index in [4.69, 9.17) is 0 Å². The predicted molar refractivity (Wildman–Crippen MR) is 115 cm³/mol. The van der Waals surface area contributed by atoms with Gasteiger partial charge < -0.3 is 9.67 Å². The van der Waals surface area contributed by atoms with Crippen LogP contribution in [-0.2, 0) is 6.42 Å². The summed E-state index contributed by atoms with van der Waals surface area (Å²) in [6.07, 6.45) is 0.631. The second kappa shape index (κ2) is 7.57. The van der Waals surface area contributed by atoms with Crippen molar-refractivity contribution in [3.05, 3.63) is 58.8 Å². The molecular formula is C21H21Br2NO2. The van der Waals surface area contributed by atoms with Crippen LogP contribution in [0.1, 0.15) is 34.1 Å². The van der Waals surface area contributed by atoms with Crippen molar-refractivity contribution in [2.45, 2.75) is 32.0 Å². The third-order valence-electron chi connectivity index (χ3n) is 4.69. The van der Waals surface area contributed by atoms with Crippen molar-refractivity contribution in [1.82, 2.24) is 4.57 Å². The highest BCUT2D eigenvalue weighted by Gasteiger charge is 2.23. The Kier molecular flexibility index (Phi) is 5.58. The molecule has 0 radical (unpaired) electrons. The highest BCUT2D eigenvalue weighted by Crippen LogP contribution is 2.37. The summed E-state index contributed by atoms with van der Waals surface area (Å²) in [6, 6.07) is 11.9. The van der Waals surface area contributed by atoms with Crippen LogP contribution in [0.5, 0.6) is 5.75 Å². The van der Waals surface area contributed by atoms with Crippen molar-refractivity contribution < 1.29 is 9.90 Å². The molecule has 0 fully saturated rings. The van der Waals surface area contributed by atoms with Crippen LogP contribution < -0.4 is 0 Å². The number of carbonyl (C=O) groups excluding carboxylic acids is 1. The Labute approximate surface area is 170 Å². The molecule has 0 saturated heterocycles. The Morgan fingerprint density at radius 1 is 1.15 bits per heavy atom. The lowest BCUT2D eigenvalue weighted by atomic mass is 9.98. The van der Waals surface area contributed by atoms with Crippen molar-refractivity contribution in [2.75, 3.05) is 5.33 Å². The Balaban J connectivity index is 2.38. The van der Waals surface area contributed by atoms with Crippen LogP contribution in [0.2, 0.25) is 0 Å². The minimum absolute atomic E-state index is 0.00942. The van der Waals surface area contributed by atoms with Crippen LogP contribution in [0.3, 0.4) is 0 Å². The zero-order valence-corrected chi connectivity index (χ0v) is 18.2. The number of ketones is 1. The monoisotopic (exact) mass is 477 g/mol. The number of aromatic hydroxyl groups is 1. The molecule has 0 unspecified atom stereocenters. The number of halogens is 2. The maximum absolute atomic E-state index is 12.5. The van der Waals surface area contributed by atoms with E-state index in [1.807, 2.05) is 13.0 Å². The van der Waals surface area contributed by atoms with Crippen LogP contribution in [0.25, 0.3) is 16.6 Å². The number of phenols is 1. The molecule has 0 bridgehead atoms. The first-order chi connectivity index (χ1) is 12.3. The van der Waals surface area contributed by atoms with Crippen LogP contribution >= 0.6 is 31.9 Å². The summed E-state index contributed by atoms with van der Waals surface area (Å²) in [4.78, 5) is 12.7. The molecule has 2 aromatic carbocycles. The average Bonchev–Trinajstić information content (AvgIpc) is 2.90. The molecule has 3 aromatic rings. The van der Waals surface area contributed by atoms with Gasteiger partial charge in [-0.25, -0.2) is 0 Å². The van der Waals surface area contributed by atoms with Gasteiger partial charge in [-0.1, -0.05) is 49.6 Å². The minimum atomic E-state index is 0.00942. The van der Waals surface area contributed by atoms with Crippen molar-refractivity contribution in [3.63, 3.8) is 0 Å². The summed E-state index contributed by atoms with van der Waals surface area (Å²) >= 11 is 7.09. The van der Waals surface area contributed by atoms with Crippen LogP contribution in [0.4, 0.5) is 0 Å². The molecule has 1 heterocycles. The van der Waals surface area contributed by atoms with E-state index in [1.165, 1.54) is 5.56 Å². The number of Topliss-reactive ketones (excluding diaryl/α,β-unsaturated/α-hetero) is 1. The van der Waals surface area contributed by atoms with Gasteiger partial charge in [0.25, 0.3) is 0 Å². The predicted octanol–water partition coefficient (Wildman–Crippen LogP) is 5.86. The van der Waals surface area contributed by atoms with Crippen molar-refractivity contribution in [1.29, 1.82) is 0 Å². The molecule has 0 aliphatic heterocycles. The summed E-state index contributed by atoms with van der Waals surface area (Å²) < 4.78 is 2.10. The molecule has 0 amide bonds.